The molecule has 0 aliphatic carbocycles. The number of amides is 2. The molecule has 1 N–H and O–H groups in total. The van der Waals surface area contributed by atoms with Crippen LogP contribution in [0.2, 0.25) is 0 Å². The number of hydrogen-bond acceptors (Lipinski definition) is 3. The molecule has 2 aromatic rings. The SMILES string of the molecule is CN1C(=O)C(C)(Cc2ccccc2)NC(=O)/C1=C/c1c(C#N)ccc(F)c1F. The highest BCUT2D eigenvalue weighted by Crippen LogP contribution is 2.27. The first-order chi connectivity index (χ1) is 13.3. The molecule has 3 rings (SSSR count). The van der Waals surface area contributed by atoms with Crippen LogP contribution in [0.3, 0.4) is 0 Å². The predicted molar refractivity (Wildman–Crippen MR) is 98.5 cm³/mol. The number of likely N-dealkylation sites (N-methyl/N-ethyl adjacent to an activating group) is 1. The Morgan fingerprint density at radius 3 is 2.50 bits per heavy atom. The van der Waals surface area contributed by atoms with Gasteiger partial charge in [-0.15, -0.1) is 0 Å². The second kappa shape index (κ2) is 7.24. The van der Waals surface area contributed by atoms with Crippen molar-refractivity contribution in [3.8, 4) is 6.07 Å². The molecule has 2 amide bonds. The quantitative estimate of drug-likeness (QED) is 0.831. The van der Waals surface area contributed by atoms with E-state index in [0.29, 0.717) is 0 Å². The molecule has 142 valence electrons. The zero-order valence-corrected chi connectivity index (χ0v) is 15.3. The van der Waals surface area contributed by atoms with E-state index in [1.807, 2.05) is 30.3 Å². The fourth-order valence-electron chi connectivity index (χ4n) is 3.23. The van der Waals surface area contributed by atoms with Crippen molar-refractivity contribution in [1.82, 2.24) is 10.2 Å². The van der Waals surface area contributed by atoms with Crippen LogP contribution in [0.25, 0.3) is 6.08 Å². The molecule has 1 saturated heterocycles. The van der Waals surface area contributed by atoms with Crippen LogP contribution in [0.1, 0.15) is 23.6 Å². The van der Waals surface area contributed by atoms with E-state index in [-0.39, 0.29) is 23.2 Å². The number of carbonyl (C=O) groups is 2. The van der Waals surface area contributed by atoms with E-state index in [4.69, 9.17) is 5.26 Å². The molecule has 5 nitrogen and oxygen atoms in total. The molecule has 0 bridgehead atoms. The lowest BCUT2D eigenvalue weighted by Crippen LogP contribution is -2.64. The summed E-state index contributed by atoms with van der Waals surface area (Å²) in [6, 6.07) is 12.9. The molecule has 1 heterocycles. The lowest BCUT2D eigenvalue weighted by molar-refractivity contribution is -0.143. The van der Waals surface area contributed by atoms with Gasteiger partial charge in [-0.2, -0.15) is 5.26 Å². The number of halogens is 2. The third-order valence-electron chi connectivity index (χ3n) is 4.69. The Morgan fingerprint density at radius 1 is 1.18 bits per heavy atom. The minimum atomic E-state index is -1.25. The Bertz CT molecular complexity index is 1030. The van der Waals surface area contributed by atoms with Gasteiger partial charge < -0.3 is 10.2 Å². The van der Waals surface area contributed by atoms with Crippen LogP contribution in [-0.4, -0.2) is 29.3 Å². The molecule has 1 fully saturated rings. The summed E-state index contributed by atoms with van der Waals surface area (Å²) in [5.41, 5.74) is -1.01. The Labute approximate surface area is 160 Å². The molecule has 28 heavy (non-hydrogen) atoms. The molecule has 0 saturated carbocycles. The molecule has 1 atom stereocenters. The van der Waals surface area contributed by atoms with Crippen LogP contribution in [0.5, 0.6) is 0 Å². The highest BCUT2D eigenvalue weighted by Gasteiger charge is 2.44. The van der Waals surface area contributed by atoms with Gasteiger partial charge in [0.1, 0.15) is 11.2 Å². The summed E-state index contributed by atoms with van der Waals surface area (Å²) in [7, 11) is 1.39. The van der Waals surface area contributed by atoms with Crippen LogP contribution in [0, 0.1) is 23.0 Å². The second-order valence-electron chi connectivity index (χ2n) is 6.78. The van der Waals surface area contributed by atoms with Gasteiger partial charge in [0.25, 0.3) is 11.8 Å². The van der Waals surface area contributed by atoms with Gasteiger partial charge in [-0.05, 0) is 30.7 Å². The number of nitriles is 1. The molecular formula is C21H17F2N3O2. The van der Waals surface area contributed by atoms with E-state index >= 15 is 0 Å². The Kier molecular flexibility index (Phi) is 4.97. The van der Waals surface area contributed by atoms with E-state index in [2.05, 4.69) is 5.32 Å². The van der Waals surface area contributed by atoms with E-state index < -0.39 is 29.0 Å². The van der Waals surface area contributed by atoms with E-state index in [9.17, 15) is 18.4 Å². The average Bonchev–Trinajstić information content (AvgIpc) is 2.67. The standard InChI is InChI=1S/C21H17F2N3O2/c1-21(11-13-6-4-3-5-7-13)20(28)26(2)17(19(27)25-21)10-15-14(12-24)8-9-16(22)18(15)23/h3-10H,11H2,1-2H3,(H,25,27)/b17-10-. The fourth-order valence-corrected chi connectivity index (χ4v) is 3.23. The Hall–Kier alpha value is -3.53. The molecule has 0 spiro atoms. The van der Waals surface area contributed by atoms with Crippen LogP contribution < -0.4 is 5.32 Å². The highest BCUT2D eigenvalue weighted by molar-refractivity contribution is 6.09. The van der Waals surface area contributed by atoms with Crippen LogP contribution in [-0.2, 0) is 16.0 Å². The Morgan fingerprint density at radius 2 is 1.86 bits per heavy atom. The van der Waals surface area contributed by atoms with Gasteiger partial charge in [-0.25, -0.2) is 8.78 Å². The van der Waals surface area contributed by atoms with Crippen molar-refractivity contribution in [2.24, 2.45) is 0 Å². The van der Waals surface area contributed by atoms with Crippen molar-refractivity contribution in [2.45, 2.75) is 18.9 Å². The van der Waals surface area contributed by atoms with E-state index in [1.165, 1.54) is 7.05 Å². The molecule has 7 heteroatoms. The number of carbonyl (C=O) groups excluding carboxylic acids is 2. The van der Waals surface area contributed by atoms with Crippen LogP contribution in [0.15, 0.2) is 48.2 Å². The Balaban J connectivity index is 1.99. The maximum absolute atomic E-state index is 14.2. The lowest BCUT2D eigenvalue weighted by Gasteiger charge is -2.39. The fraction of sp³-hybridized carbons (Fsp3) is 0.190. The van der Waals surface area contributed by atoms with Gasteiger partial charge in [-0.3, -0.25) is 9.59 Å². The van der Waals surface area contributed by atoms with Crippen molar-refractivity contribution in [1.29, 1.82) is 5.26 Å². The maximum Gasteiger partial charge on any atom is 0.268 e. The lowest BCUT2D eigenvalue weighted by atomic mass is 9.88. The first-order valence-corrected chi connectivity index (χ1v) is 8.51. The minimum absolute atomic E-state index is 0.141. The summed E-state index contributed by atoms with van der Waals surface area (Å²) in [5, 5.41) is 11.8. The molecule has 1 unspecified atom stereocenters. The van der Waals surface area contributed by atoms with Crippen LogP contribution >= 0.6 is 0 Å². The van der Waals surface area contributed by atoms with Crippen molar-refractivity contribution in [3.05, 3.63) is 76.5 Å². The van der Waals surface area contributed by atoms with Gasteiger partial charge in [0, 0.05) is 19.0 Å². The summed E-state index contributed by atoms with van der Waals surface area (Å²) in [4.78, 5) is 26.7. The molecule has 1 aliphatic rings. The summed E-state index contributed by atoms with van der Waals surface area (Å²) in [6.07, 6.45) is 1.29. The number of nitrogens with zero attached hydrogens (tertiary/aromatic N) is 2. The third kappa shape index (κ3) is 3.37. The number of benzene rings is 2. The molecule has 2 aromatic carbocycles. The molecule has 0 aromatic heterocycles. The topological polar surface area (TPSA) is 73.2 Å². The smallest absolute Gasteiger partial charge is 0.268 e. The molecule has 1 aliphatic heterocycles. The average molecular weight is 381 g/mol. The third-order valence-corrected chi connectivity index (χ3v) is 4.69. The minimum Gasteiger partial charge on any atom is -0.336 e. The number of rotatable bonds is 3. The first-order valence-electron chi connectivity index (χ1n) is 8.51. The van der Waals surface area contributed by atoms with Crippen molar-refractivity contribution < 1.29 is 18.4 Å². The molecular weight excluding hydrogens is 364 g/mol. The first kappa shape index (κ1) is 19.2. The van der Waals surface area contributed by atoms with E-state index in [0.717, 1.165) is 28.7 Å². The zero-order valence-electron chi connectivity index (χ0n) is 15.3. The largest absolute Gasteiger partial charge is 0.336 e. The van der Waals surface area contributed by atoms with Gasteiger partial charge in [0.05, 0.1) is 11.6 Å². The van der Waals surface area contributed by atoms with Gasteiger partial charge in [-0.1, -0.05) is 30.3 Å². The number of nitrogens with one attached hydrogen (secondary N) is 1. The second-order valence-corrected chi connectivity index (χ2v) is 6.78. The molecule has 0 radical (unpaired) electrons. The van der Waals surface area contributed by atoms with Crippen molar-refractivity contribution in [2.75, 3.05) is 7.05 Å². The highest BCUT2D eigenvalue weighted by atomic mass is 19.2. The van der Waals surface area contributed by atoms with Crippen molar-refractivity contribution in [3.63, 3.8) is 0 Å². The number of piperazine rings is 1. The van der Waals surface area contributed by atoms with Gasteiger partial charge in [0.2, 0.25) is 0 Å². The van der Waals surface area contributed by atoms with Gasteiger partial charge >= 0.3 is 0 Å². The summed E-state index contributed by atoms with van der Waals surface area (Å²) < 4.78 is 27.8. The summed E-state index contributed by atoms with van der Waals surface area (Å²) >= 11 is 0. The van der Waals surface area contributed by atoms with Gasteiger partial charge in [0.15, 0.2) is 11.6 Å². The van der Waals surface area contributed by atoms with Crippen molar-refractivity contribution >= 4 is 17.9 Å². The predicted octanol–water partition coefficient (Wildman–Crippen LogP) is 2.77. The normalized spacial score (nSPS) is 20.8. The maximum atomic E-state index is 14.2. The zero-order chi connectivity index (χ0) is 20.5. The van der Waals surface area contributed by atoms with E-state index in [1.54, 1.807) is 13.0 Å². The number of hydrogen-bond donors (Lipinski definition) is 1. The summed E-state index contributed by atoms with van der Waals surface area (Å²) in [5.74, 6) is -3.42. The summed E-state index contributed by atoms with van der Waals surface area (Å²) in [6.45, 7) is 1.61. The monoisotopic (exact) mass is 381 g/mol. The van der Waals surface area contributed by atoms with Crippen LogP contribution in [0.4, 0.5) is 8.78 Å².